The van der Waals surface area contributed by atoms with Gasteiger partial charge < -0.3 is 15.4 Å². The summed E-state index contributed by atoms with van der Waals surface area (Å²) in [6, 6.07) is 24.6. The molecule has 1 heterocycles. The molecule has 0 bridgehead atoms. The third-order valence-electron chi connectivity index (χ3n) is 4.71. The van der Waals surface area contributed by atoms with Crippen molar-refractivity contribution in [1.29, 1.82) is 0 Å². The Hall–Kier alpha value is -3.60. The first-order valence-electron chi connectivity index (χ1n) is 9.14. The Bertz CT molecular complexity index is 963. The first-order chi connectivity index (χ1) is 13.6. The lowest BCUT2D eigenvalue weighted by Crippen LogP contribution is -2.34. The predicted molar refractivity (Wildman–Crippen MR) is 109 cm³/mol. The summed E-state index contributed by atoms with van der Waals surface area (Å²) >= 11 is 0. The molecule has 1 unspecified atom stereocenters. The molecule has 4 rings (SSSR count). The zero-order chi connectivity index (χ0) is 19.5. The van der Waals surface area contributed by atoms with Crippen LogP contribution < -0.4 is 15.4 Å². The van der Waals surface area contributed by atoms with Gasteiger partial charge in [0.1, 0.15) is 5.75 Å². The zero-order valence-corrected chi connectivity index (χ0v) is 15.4. The maximum absolute atomic E-state index is 13.2. The van der Waals surface area contributed by atoms with E-state index in [-0.39, 0.29) is 11.8 Å². The van der Waals surface area contributed by atoms with E-state index in [9.17, 15) is 9.59 Å². The van der Waals surface area contributed by atoms with Gasteiger partial charge in [0, 0.05) is 5.69 Å². The van der Waals surface area contributed by atoms with Crippen LogP contribution in [0.1, 0.15) is 24.0 Å². The van der Waals surface area contributed by atoms with E-state index in [1.54, 1.807) is 25.1 Å². The maximum atomic E-state index is 13.2. The molecule has 3 aromatic rings. The fraction of sp³-hybridized carbons (Fsp3) is 0.130. The van der Waals surface area contributed by atoms with E-state index < -0.39 is 12.0 Å². The van der Waals surface area contributed by atoms with Crippen LogP contribution in [-0.2, 0) is 9.59 Å². The highest BCUT2D eigenvalue weighted by Gasteiger charge is 2.25. The van der Waals surface area contributed by atoms with Crippen molar-refractivity contribution in [3.8, 4) is 5.75 Å². The Morgan fingerprint density at radius 2 is 1.57 bits per heavy atom. The molecule has 0 fully saturated rings. The number of anilines is 2. The summed E-state index contributed by atoms with van der Waals surface area (Å²) < 4.78 is 5.57. The summed E-state index contributed by atoms with van der Waals surface area (Å²) in [5.41, 5.74) is 2.97. The van der Waals surface area contributed by atoms with E-state index >= 15 is 0 Å². The number of benzene rings is 3. The molecule has 140 valence electrons. The monoisotopic (exact) mass is 372 g/mol. The summed E-state index contributed by atoms with van der Waals surface area (Å²) in [5.74, 6) is -0.201. The number of carbonyl (C=O) groups is 2. The van der Waals surface area contributed by atoms with Gasteiger partial charge in [0.15, 0.2) is 6.10 Å². The van der Waals surface area contributed by atoms with Crippen molar-refractivity contribution in [2.24, 2.45) is 0 Å². The van der Waals surface area contributed by atoms with Crippen molar-refractivity contribution < 1.29 is 14.3 Å². The number of amides is 2. The van der Waals surface area contributed by atoms with Crippen LogP contribution in [-0.4, -0.2) is 17.9 Å². The molecular formula is C23H20N2O3. The van der Waals surface area contributed by atoms with Gasteiger partial charge in [0.2, 0.25) is 5.91 Å². The van der Waals surface area contributed by atoms with Gasteiger partial charge in [-0.1, -0.05) is 60.7 Å². The Kier molecular flexibility index (Phi) is 4.81. The van der Waals surface area contributed by atoms with Crippen LogP contribution in [0.4, 0.5) is 11.4 Å². The zero-order valence-electron chi connectivity index (χ0n) is 15.4. The van der Waals surface area contributed by atoms with Crippen molar-refractivity contribution in [2.75, 3.05) is 10.6 Å². The minimum Gasteiger partial charge on any atom is -0.479 e. The molecule has 2 amide bonds. The quantitative estimate of drug-likeness (QED) is 0.722. The number of nitrogens with one attached hydrogen (secondary N) is 2. The molecule has 28 heavy (non-hydrogen) atoms. The Balaban J connectivity index is 1.62. The van der Waals surface area contributed by atoms with E-state index in [1.165, 1.54) is 0 Å². The molecule has 1 atom stereocenters. The van der Waals surface area contributed by atoms with Crippen LogP contribution in [0.15, 0.2) is 78.9 Å². The molecule has 5 nitrogen and oxygen atoms in total. The minimum absolute atomic E-state index is 0.145. The molecule has 5 heteroatoms. The van der Waals surface area contributed by atoms with Gasteiger partial charge >= 0.3 is 0 Å². The van der Waals surface area contributed by atoms with Gasteiger partial charge in [-0.15, -0.1) is 0 Å². The van der Waals surface area contributed by atoms with E-state index in [0.717, 1.165) is 11.1 Å². The van der Waals surface area contributed by atoms with E-state index in [2.05, 4.69) is 10.6 Å². The predicted octanol–water partition coefficient (Wildman–Crippen LogP) is 4.18. The maximum Gasteiger partial charge on any atom is 0.265 e. The molecule has 0 aromatic heterocycles. The molecule has 1 aliphatic rings. The van der Waals surface area contributed by atoms with Crippen molar-refractivity contribution in [1.82, 2.24) is 0 Å². The lowest BCUT2D eigenvalue weighted by molar-refractivity contribution is -0.122. The highest BCUT2D eigenvalue weighted by atomic mass is 16.5. The third-order valence-corrected chi connectivity index (χ3v) is 4.71. The van der Waals surface area contributed by atoms with Crippen LogP contribution in [0.2, 0.25) is 0 Å². The largest absolute Gasteiger partial charge is 0.479 e. The average Bonchev–Trinajstić information content (AvgIpc) is 2.71. The second-order valence-corrected chi connectivity index (χ2v) is 6.70. The number of carbonyl (C=O) groups excluding carboxylic acids is 2. The Labute approximate surface area is 163 Å². The normalized spacial score (nSPS) is 15.4. The first-order valence-corrected chi connectivity index (χ1v) is 9.14. The summed E-state index contributed by atoms with van der Waals surface area (Å²) in [5, 5.41) is 5.77. The highest BCUT2D eigenvalue weighted by Crippen LogP contribution is 2.33. The van der Waals surface area contributed by atoms with Gasteiger partial charge in [-0.3, -0.25) is 9.59 Å². The van der Waals surface area contributed by atoms with Crippen LogP contribution in [0.3, 0.4) is 0 Å². The van der Waals surface area contributed by atoms with E-state index in [0.29, 0.717) is 17.1 Å². The van der Waals surface area contributed by atoms with Gasteiger partial charge in [0.05, 0.1) is 11.6 Å². The number of rotatable bonds is 4. The molecule has 0 aliphatic carbocycles. The Morgan fingerprint density at radius 3 is 2.18 bits per heavy atom. The van der Waals surface area contributed by atoms with E-state index in [4.69, 9.17) is 4.74 Å². The topological polar surface area (TPSA) is 67.4 Å². The molecule has 0 saturated heterocycles. The minimum atomic E-state index is -0.534. The lowest BCUT2D eigenvalue weighted by atomic mass is 9.90. The summed E-state index contributed by atoms with van der Waals surface area (Å²) in [7, 11) is 0. The van der Waals surface area contributed by atoms with Crippen molar-refractivity contribution in [2.45, 2.75) is 18.9 Å². The smallest absolute Gasteiger partial charge is 0.265 e. The van der Waals surface area contributed by atoms with Crippen LogP contribution >= 0.6 is 0 Å². The van der Waals surface area contributed by atoms with Gasteiger partial charge in [-0.05, 0) is 36.2 Å². The standard InChI is InChI=1S/C23H20N2O3/c1-15-22(26)25-19-14-18(12-13-20(19)28-15)24-23(27)21(16-8-4-2-5-9-16)17-10-6-3-7-11-17/h2-15,21H,1H3,(H,24,27)(H,25,26). The van der Waals surface area contributed by atoms with Crippen molar-refractivity contribution in [3.63, 3.8) is 0 Å². The first kappa shape index (κ1) is 17.8. The fourth-order valence-electron chi connectivity index (χ4n) is 3.29. The number of fused-ring (bicyclic) bond motifs is 1. The lowest BCUT2D eigenvalue weighted by Gasteiger charge is -2.24. The number of ether oxygens (including phenoxy) is 1. The second-order valence-electron chi connectivity index (χ2n) is 6.70. The fourth-order valence-corrected chi connectivity index (χ4v) is 3.29. The molecule has 1 aliphatic heterocycles. The highest BCUT2D eigenvalue weighted by molar-refractivity contribution is 6.01. The molecule has 3 aromatic carbocycles. The third kappa shape index (κ3) is 3.60. The molecular weight excluding hydrogens is 352 g/mol. The second kappa shape index (κ2) is 7.56. The van der Waals surface area contributed by atoms with Crippen LogP contribution in [0.25, 0.3) is 0 Å². The summed E-state index contributed by atoms with van der Waals surface area (Å²) in [4.78, 5) is 25.0. The average molecular weight is 372 g/mol. The number of hydrogen-bond donors (Lipinski definition) is 2. The van der Waals surface area contributed by atoms with Crippen molar-refractivity contribution >= 4 is 23.2 Å². The number of hydrogen-bond acceptors (Lipinski definition) is 3. The van der Waals surface area contributed by atoms with Gasteiger partial charge in [0.25, 0.3) is 5.91 Å². The molecule has 0 radical (unpaired) electrons. The van der Waals surface area contributed by atoms with Crippen LogP contribution in [0.5, 0.6) is 5.75 Å². The summed E-state index contributed by atoms with van der Waals surface area (Å²) in [6.07, 6.45) is -0.534. The molecule has 0 spiro atoms. The van der Waals surface area contributed by atoms with Crippen molar-refractivity contribution in [3.05, 3.63) is 90.0 Å². The van der Waals surface area contributed by atoms with Gasteiger partial charge in [-0.25, -0.2) is 0 Å². The van der Waals surface area contributed by atoms with Crippen LogP contribution in [0, 0.1) is 0 Å². The molecule has 0 saturated carbocycles. The van der Waals surface area contributed by atoms with Gasteiger partial charge in [-0.2, -0.15) is 0 Å². The molecule has 2 N–H and O–H groups in total. The SMILES string of the molecule is CC1Oc2ccc(NC(=O)C(c3ccccc3)c3ccccc3)cc2NC1=O. The Morgan fingerprint density at radius 1 is 0.964 bits per heavy atom. The van der Waals surface area contributed by atoms with E-state index in [1.807, 2.05) is 60.7 Å². The summed E-state index contributed by atoms with van der Waals surface area (Å²) in [6.45, 7) is 1.69.